The van der Waals surface area contributed by atoms with E-state index in [0.717, 1.165) is 19.6 Å². The summed E-state index contributed by atoms with van der Waals surface area (Å²) in [6.07, 6.45) is 6.00. The summed E-state index contributed by atoms with van der Waals surface area (Å²) < 4.78 is 11.4. The summed E-state index contributed by atoms with van der Waals surface area (Å²) in [5.41, 5.74) is 1.65. The van der Waals surface area contributed by atoms with E-state index in [0.29, 0.717) is 5.41 Å². The highest BCUT2D eigenvalue weighted by Crippen LogP contribution is 2.40. The van der Waals surface area contributed by atoms with Crippen LogP contribution in [0.2, 0.25) is 0 Å². The summed E-state index contributed by atoms with van der Waals surface area (Å²) in [6, 6.07) is 0. The van der Waals surface area contributed by atoms with Crippen LogP contribution in [0, 0.1) is 5.41 Å². The highest BCUT2D eigenvalue weighted by atomic mass is 16.7. The molecule has 80 valence electrons. The number of allylic oxidation sites excluding steroid dienone is 1. The minimum Gasteiger partial charge on any atom is -0.344 e. The Balaban J connectivity index is 2.21. The van der Waals surface area contributed by atoms with Crippen molar-refractivity contribution >= 4 is 0 Å². The molecule has 0 aromatic heterocycles. The van der Waals surface area contributed by atoms with Gasteiger partial charge in [0.1, 0.15) is 0 Å². The van der Waals surface area contributed by atoms with E-state index in [1.165, 1.54) is 18.4 Å². The highest BCUT2D eigenvalue weighted by Gasteiger charge is 2.37. The maximum atomic E-state index is 5.68. The summed E-state index contributed by atoms with van der Waals surface area (Å²) in [5.74, 6) is -0.419. The monoisotopic (exact) mass is 196 g/mol. The smallest absolute Gasteiger partial charge is 0.188 e. The third kappa shape index (κ3) is 1.86. The van der Waals surface area contributed by atoms with Gasteiger partial charge in [-0.05, 0) is 37.2 Å². The molecule has 1 aliphatic carbocycles. The zero-order valence-electron chi connectivity index (χ0n) is 9.43. The van der Waals surface area contributed by atoms with Crippen molar-refractivity contribution in [2.75, 3.05) is 13.2 Å². The van der Waals surface area contributed by atoms with E-state index in [1.807, 2.05) is 6.92 Å². The van der Waals surface area contributed by atoms with Gasteiger partial charge in [-0.2, -0.15) is 0 Å². The van der Waals surface area contributed by atoms with Gasteiger partial charge in [0, 0.05) is 0 Å². The minimum absolute atomic E-state index is 0.311. The van der Waals surface area contributed by atoms with Gasteiger partial charge in [-0.3, -0.25) is 0 Å². The molecule has 2 nitrogen and oxygen atoms in total. The molecular weight excluding hydrogens is 176 g/mol. The molecule has 0 bridgehead atoms. The van der Waals surface area contributed by atoms with Crippen molar-refractivity contribution in [2.45, 2.75) is 45.8 Å². The van der Waals surface area contributed by atoms with E-state index in [9.17, 15) is 0 Å². The molecule has 0 saturated carbocycles. The Morgan fingerprint density at radius 2 is 1.79 bits per heavy atom. The van der Waals surface area contributed by atoms with Crippen LogP contribution in [0.5, 0.6) is 0 Å². The van der Waals surface area contributed by atoms with Gasteiger partial charge in [-0.1, -0.05) is 19.9 Å². The van der Waals surface area contributed by atoms with Crippen molar-refractivity contribution in [1.29, 1.82) is 0 Å². The molecule has 0 amide bonds. The molecule has 1 heterocycles. The van der Waals surface area contributed by atoms with Crippen LogP contribution < -0.4 is 0 Å². The number of ether oxygens (including phenoxy) is 2. The first-order chi connectivity index (χ1) is 6.52. The van der Waals surface area contributed by atoms with Gasteiger partial charge >= 0.3 is 0 Å². The summed E-state index contributed by atoms with van der Waals surface area (Å²) >= 11 is 0. The average molecular weight is 196 g/mol. The lowest BCUT2D eigenvalue weighted by Crippen LogP contribution is -2.31. The molecule has 0 atom stereocenters. The van der Waals surface area contributed by atoms with Crippen molar-refractivity contribution in [3.63, 3.8) is 0 Å². The zero-order valence-corrected chi connectivity index (χ0v) is 9.43. The Hall–Kier alpha value is -0.340. The molecule has 1 aliphatic heterocycles. The summed E-state index contributed by atoms with van der Waals surface area (Å²) in [6.45, 7) is 8.07. The number of rotatable bonds is 1. The van der Waals surface area contributed by atoms with E-state index < -0.39 is 5.79 Å². The van der Waals surface area contributed by atoms with Gasteiger partial charge in [-0.25, -0.2) is 0 Å². The molecule has 0 aromatic rings. The van der Waals surface area contributed by atoms with Crippen molar-refractivity contribution in [3.8, 4) is 0 Å². The second kappa shape index (κ2) is 3.35. The molecule has 0 unspecified atom stereocenters. The molecular formula is C12H20O2. The first-order valence-corrected chi connectivity index (χ1v) is 5.52. The normalized spacial score (nSPS) is 30.1. The SMILES string of the molecule is CC1(C)C=C(C2(C)OCCO2)CCC1. The van der Waals surface area contributed by atoms with Crippen molar-refractivity contribution < 1.29 is 9.47 Å². The zero-order chi connectivity index (χ0) is 10.2. The quantitative estimate of drug-likeness (QED) is 0.600. The van der Waals surface area contributed by atoms with Crippen LogP contribution in [-0.4, -0.2) is 19.0 Å². The third-order valence-corrected chi connectivity index (χ3v) is 3.25. The highest BCUT2D eigenvalue weighted by molar-refractivity contribution is 5.19. The maximum Gasteiger partial charge on any atom is 0.188 e. The summed E-state index contributed by atoms with van der Waals surface area (Å²) in [4.78, 5) is 0. The lowest BCUT2D eigenvalue weighted by atomic mass is 9.78. The molecule has 2 heteroatoms. The molecule has 14 heavy (non-hydrogen) atoms. The second-order valence-corrected chi connectivity index (χ2v) is 5.15. The molecule has 2 rings (SSSR count). The fraction of sp³-hybridized carbons (Fsp3) is 0.833. The molecule has 0 N–H and O–H groups in total. The predicted octanol–water partition coefficient (Wildman–Crippen LogP) is 2.89. The first kappa shape index (κ1) is 10.2. The second-order valence-electron chi connectivity index (χ2n) is 5.15. The largest absolute Gasteiger partial charge is 0.344 e. The van der Waals surface area contributed by atoms with Gasteiger partial charge in [0.15, 0.2) is 5.79 Å². The predicted molar refractivity (Wildman–Crippen MR) is 56.0 cm³/mol. The first-order valence-electron chi connectivity index (χ1n) is 5.52. The van der Waals surface area contributed by atoms with E-state index in [2.05, 4.69) is 19.9 Å². The van der Waals surface area contributed by atoms with Crippen molar-refractivity contribution in [1.82, 2.24) is 0 Å². The van der Waals surface area contributed by atoms with E-state index in [-0.39, 0.29) is 0 Å². The van der Waals surface area contributed by atoms with Gasteiger partial charge in [0.2, 0.25) is 0 Å². The molecule has 0 radical (unpaired) electrons. The Morgan fingerprint density at radius 3 is 2.36 bits per heavy atom. The Kier molecular flexibility index (Phi) is 2.44. The maximum absolute atomic E-state index is 5.68. The molecule has 1 saturated heterocycles. The minimum atomic E-state index is -0.419. The van der Waals surface area contributed by atoms with E-state index in [1.54, 1.807) is 0 Å². The van der Waals surface area contributed by atoms with Gasteiger partial charge in [-0.15, -0.1) is 0 Å². The fourth-order valence-corrected chi connectivity index (χ4v) is 2.41. The Labute approximate surface area is 86.3 Å². The molecule has 0 aromatic carbocycles. The number of hydrogen-bond donors (Lipinski definition) is 0. The fourth-order valence-electron chi connectivity index (χ4n) is 2.41. The molecule has 2 aliphatic rings. The number of hydrogen-bond acceptors (Lipinski definition) is 2. The standard InChI is InChI=1S/C12H20O2/c1-11(2)6-4-5-10(9-11)12(3)13-7-8-14-12/h9H,4-8H2,1-3H3. The van der Waals surface area contributed by atoms with Crippen LogP contribution in [0.3, 0.4) is 0 Å². The van der Waals surface area contributed by atoms with Gasteiger partial charge in [0.05, 0.1) is 13.2 Å². The summed E-state index contributed by atoms with van der Waals surface area (Å²) in [5, 5.41) is 0. The van der Waals surface area contributed by atoms with Crippen molar-refractivity contribution in [2.24, 2.45) is 5.41 Å². The van der Waals surface area contributed by atoms with E-state index in [4.69, 9.17) is 9.47 Å². The van der Waals surface area contributed by atoms with Crippen LogP contribution >= 0.6 is 0 Å². The third-order valence-electron chi connectivity index (χ3n) is 3.25. The van der Waals surface area contributed by atoms with Crippen molar-refractivity contribution in [3.05, 3.63) is 11.6 Å². The Morgan fingerprint density at radius 1 is 1.14 bits per heavy atom. The Bertz CT molecular complexity index is 247. The van der Waals surface area contributed by atoms with Gasteiger partial charge < -0.3 is 9.47 Å². The van der Waals surface area contributed by atoms with E-state index >= 15 is 0 Å². The van der Waals surface area contributed by atoms with Crippen LogP contribution in [0.25, 0.3) is 0 Å². The van der Waals surface area contributed by atoms with Crippen LogP contribution in [0.15, 0.2) is 11.6 Å². The molecule has 0 spiro atoms. The van der Waals surface area contributed by atoms with Crippen LogP contribution in [-0.2, 0) is 9.47 Å². The lowest BCUT2D eigenvalue weighted by molar-refractivity contribution is -0.113. The molecule has 1 fully saturated rings. The topological polar surface area (TPSA) is 18.5 Å². The van der Waals surface area contributed by atoms with Crippen LogP contribution in [0.1, 0.15) is 40.0 Å². The lowest BCUT2D eigenvalue weighted by Gasteiger charge is -2.34. The average Bonchev–Trinajstić information content (AvgIpc) is 2.52. The van der Waals surface area contributed by atoms with Crippen LogP contribution in [0.4, 0.5) is 0 Å². The summed E-state index contributed by atoms with van der Waals surface area (Å²) in [7, 11) is 0. The van der Waals surface area contributed by atoms with Gasteiger partial charge in [0.25, 0.3) is 0 Å².